The van der Waals surface area contributed by atoms with Crippen LogP contribution in [-0.2, 0) is 7.05 Å². The highest BCUT2D eigenvalue weighted by molar-refractivity contribution is 9.10. The first-order valence-corrected chi connectivity index (χ1v) is 5.55. The zero-order valence-electron chi connectivity index (χ0n) is 8.94. The van der Waals surface area contributed by atoms with Gasteiger partial charge in [0.1, 0.15) is 5.69 Å². The van der Waals surface area contributed by atoms with E-state index in [9.17, 15) is 4.79 Å². The third-order valence-corrected chi connectivity index (χ3v) is 2.85. The number of benzene rings is 1. The minimum atomic E-state index is -0.0839. The van der Waals surface area contributed by atoms with Crippen molar-refractivity contribution in [2.24, 2.45) is 7.05 Å². The van der Waals surface area contributed by atoms with E-state index >= 15 is 0 Å². The van der Waals surface area contributed by atoms with Crippen molar-refractivity contribution in [3.05, 3.63) is 45.7 Å². The molecule has 0 radical (unpaired) electrons. The number of halogens is 1. The molecule has 2 rings (SSSR count). The maximum Gasteiger partial charge on any atom is 0.213 e. The molecule has 0 amide bonds. The minimum Gasteiger partial charge on any atom is -0.287 e. The van der Waals surface area contributed by atoms with Crippen LogP contribution < -0.4 is 0 Å². The van der Waals surface area contributed by atoms with Gasteiger partial charge in [-0.2, -0.15) is 0 Å². The fourth-order valence-electron chi connectivity index (χ4n) is 1.41. The van der Waals surface area contributed by atoms with E-state index in [1.54, 1.807) is 19.2 Å². The molecule has 0 unspecified atom stereocenters. The highest BCUT2D eigenvalue weighted by atomic mass is 79.9. The molecule has 0 bridgehead atoms. The Kier molecular flexibility index (Phi) is 2.87. The number of aromatic nitrogens is 3. The molecule has 0 spiro atoms. The van der Waals surface area contributed by atoms with Crippen LogP contribution in [0.1, 0.15) is 21.6 Å². The first-order chi connectivity index (χ1) is 7.59. The monoisotopic (exact) mass is 279 g/mol. The van der Waals surface area contributed by atoms with Crippen LogP contribution in [0.4, 0.5) is 0 Å². The summed E-state index contributed by atoms with van der Waals surface area (Å²) in [7, 11) is 1.69. The van der Waals surface area contributed by atoms with E-state index in [0.717, 1.165) is 5.56 Å². The van der Waals surface area contributed by atoms with E-state index in [2.05, 4.69) is 26.2 Å². The van der Waals surface area contributed by atoms with E-state index < -0.39 is 0 Å². The van der Waals surface area contributed by atoms with Gasteiger partial charge in [0, 0.05) is 12.6 Å². The lowest BCUT2D eigenvalue weighted by atomic mass is 10.1. The van der Waals surface area contributed by atoms with Gasteiger partial charge in [-0.25, -0.2) is 4.68 Å². The van der Waals surface area contributed by atoms with Gasteiger partial charge in [0.25, 0.3) is 0 Å². The Morgan fingerprint density at radius 3 is 2.44 bits per heavy atom. The van der Waals surface area contributed by atoms with Crippen LogP contribution >= 0.6 is 15.9 Å². The standard InChI is InChI=1S/C11H10BrN3O/c1-7-3-5-8(6-4-7)10(16)9-11(12)13-14-15(9)2/h3-6H,1-2H3. The molecule has 0 atom stereocenters. The highest BCUT2D eigenvalue weighted by Crippen LogP contribution is 2.16. The summed E-state index contributed by atoms with van der Waals surface area (Å²) in [5.74, 6) is -0.0839. The second kappa shape index (κ2) is 4.17. The predicted octanol–water partition coefficient (Wildman–Crippen LogP) is 2.12. The average Bonchev–Trinajstić information content (AvgIpc) is 2.59. The van der Waals surface area contributed by atoms with E-state index in [1.165, 1.54) is 4.68 Å². The third-order valence-electron chi connectivity index (χ3n) is 2.31. The van der Waals surface area contributed by atoms with Gasteiger partial charge < -0.3 is 0 Å². The van der Waals surface area contributed by atoms with Crippen LogP contribution in [-0.4, -0.2) is 20.8 Å². The summed E-state index contributed by atoms with van der Waals surface area (Å²) < 4.78 is 1.94. The van der Waals surface area contributed by atoms with Gasteiger partial charge in [-0.05, 0) is 22.9 Å². The van der Waals surface area contributed by atoms with Crippen LogP contribution in [0.3, 0.4) is 0 Å². The predicted molar refractivity (Wildman–Crippen MR) is 63.3 cm³/mol. The summed E-state index contributed by atoms with van der Waals surface area (Å²) in [6.07, 6.45) is 0. The fraction of sp³-hybridized carbons (Fsp3) is 0.182. The lowest BCUT2D eigenvalue weighted by Crippen LogP contribution is -2.08. The number of carbonyl (C=O) groups excluding carboxylic acids is 1. The number of nitrogens with zero attached hydrogens (tertiary/aromatic N) is 3. The molecule has 4 nitrogen and oxygen atoms in total. The molecule has 0 saturated carbocycles. The van der Waals surface area contributed by atoms with Crippen molar-refractivity contribution in [2.45, 2.75) is 6.92 Å². The first kappa shape index (κ1) is 11.0. The van der Waals surface area contributed by atoms with Gasteiger partial charge in [0.15, 0.2) is 4.60 Å². The number of ketones is 1. The molecule has 0 aliphatic carbocycles. The molecule has 1 heterocycles. The first-order valence-electron chi connectivity index (χ1n) is 4.76. The SMILES string of the molecule is Cc1ccc(C(=O)c2c(Br)nnn2C)cc1. The Morgan fingerprint density at radius 1 is 1.31 bits per heavy atom. The van der Waals surface area contributed by atoms with Crippen molar-refractivity contribution < 1.29 is 4.79 Å². The number of hydrogen-bond donors (Lipinski definition) is 0. The molecule has 0 saturated heterocycles. The smallest absolute Gasteiger partial charge is 0.213 e. The number of rotatable bonds is 2. The molecular formula is C11H10BrN3O. The number of hydrogen-bond acceptors (Lipinski definition) is 3. The van der Waals surface area contributed by atoms with E-state index in [0.29, 0.717) is 15.9 Å². The lowest BCUT2D eigenvalue weighted by molar-refractivity contribution is 0.102. The topological polar surface area (TPSA) is 47.8 Å². The zero-order valence-corrected chi connectivity index (χ0v) is 10.5. The number of carbonyl (C=O) groups is 1. The Hall–Kier alpha value is -1.49. The molecule has 1 aromatic heterocycles. The van der Waals surface area contributed by atoms with Crippen molar-refractivity contribution in [1.29, 1.82) is 0 Å². The van der Waals surface area contributed by atoms with Crippen molar-refractivity contribution in [2.75, 3.05) is 0 Å². The van der Waals surface area contributed by atoms with E-state index in [4.69, 9.17) is 0 Å². The maximum absolute atomic E-state index is 12.1. The molecule has 0 aliphatic rings. The maximum atomic E-state index is 12.1. The molecule has 0 N–H and O–H groups in total. The summed E-state index contributed by atoms with van der Waals surface area (Å²) in [6, 6.07) is 7.42. The Morgan fingerprint density at radius 2 is 1.94 bits per heavy atom. The van der Waals surface area contributed by atoms with Crippen LogP contribution in [0, 0.1) is 6.92 Å². The summed E-state index contributed by atoms with van der Waals surface area (Å²) in [4.78, 5) is 12.1. The van der Waals surface area contributed by atoms with Crippen LogP contribution in [0.2, 0.25) is 0 Å². The molecule has 82 valence electrons. The van der Waals surface area contributed by atoms with Gasteiger partial charge >= 0.3 is 0 Å². The molecular weight excluding hydrogens is 270 g/mol. The summed E-state index contributed by atoms with van der Waals surface area (Å²) in [5.41, 5.74) is 2.22. The normalized spacial score (nSPS) is 10.4. The zero-order chi connectivity index (χ0) is 11.7. The summed E-state index contributed by atoms with van der Waals surface area (Å²) in [6.45, 7) is 1.98. The average molecular weight is 280 g/mol. The quantitative estimate of drug-likeness (QED) is 0.792. The van der Waals surface area contributed by atoms with Gasteiger partial charge in [-0.3, -0.25) is 4.79 Å². The van der Waals surface area contributed by atoms with E-state index in [1.807, 2.05) is 19.1 Å². The molecule has 0 fully saturated rings. The summed E-state index contributed by atoms with van der Waals surface area (Å²) >= 11 is 3.21. The second-order valence-corrected chi connectivity index (χ2v) is 4.30. The van der Waals surface area contributed by atoms with Crippen molar-refractivity contribution in [3.63, 3.8) is 0 Å². The van der Waals surface area contributed by atoms with Crippen molar-refractivity contribution >= 4 is 21.7 Å². The molecule has 2 aromatic rings. The van der Waals surface area contributed by atoms with Crippen molar-refractivity contribution in [1.82, 2.24) is 15.0 Å². The van der Waals surface area contributed by atoms with Crippen LogP contribution in [0.25, 0.3) is 0 Å². The third kappa shape index (κ3) is 1.90. The molecule has 16 heavy (non-hydrogen) atoms. The van der Waals surface area contributed by atoms with Gasteiger partial charge in [0.05, 0.1) is 0 Å². The van der Waals surface area contributed by atoms with Gasteiger partial charge in [-0.1, -0.05) is 35.0 Å². The molecule has 1 aromatic carbocycles. The lowest BCUT2D eigenvalue weighted by Gasteiger charge is -2.01. The van der Waals surface area contributed by atoms with Gasteiger partial charge in [-0.15, -0.1) is 5.10 Å². The second-order valence-electron chi connectivity index (χ2n) is 3.55. The van der Waals surface area contributed by atoms with Crippen LogP contribution in [0.15, 0.2) is 28.9 Å². The number of aryl methyl sites for hydroxylation is 2. The molecule has 0 aliphatic heterocycles. The Bertz CT molecular complexity index is 511. The van der Waals surface area contributed by atoms with E-state index in [-0.39, 0.29) is 5.78 Å². The largest absolute Gasteiger partial charge is 0.287 e. The Labute approximate surface area is 101 Å². The molecule has 5 heteroatoms. The Balaban J connectivity index is 2.43. The van der Waals surface area contributed by atoms with Crippen molar-refractivity contribution in [3.8, 4) is 0 Å². The highest BCUT2D eigenvalue weighted by Gasteiger charge is 2.18. The minimum absolute atomic E-state index is 0.0839. The van der Waals surface area contributed by atoms with Crippen LogP contribution in [0.5, 0.6) is 0 Å². The van der Waals surface area contributed by atoms with Gasteiger partial charge in [0.2, 0.25) is 5.78 Å². The fourth-order valence-corrected chi connectivity index (χ4v) is 1.92. The summed E-state index contributed by atoms with van der Waals surface area (Å²) in [5, 5.41) is 7.57.